The third-order valence-electron chi connectivity index (χ3n) is 7.27. The molecule has 10 nitrogen and oxygen atoms in total. The van der Waals surface area contributed by atoms with Gasteiger partial charge in [-0.3, -0.25) is 19.2 Å². The molecule has 0 aromatic heterocycles. The van der Waals surface area contributed by atoms with E-state index in [1.165, 1.54) is 0 Å². The van der Waals surface area contributed by atoms with E-state index in [9.17, 15) is 19.2 Å². The summed E-state index contributed by atoms with van der Waals surface area (Å²) in [6, 6.07) is 31.8. The Morgan fingerprint density at radius 3 is 1.26 bits per heavy atom. The van der Waals surface area contributed by atoms with Crippen molar-refractivity contribution >= 4 is 35.8 Å². The van der Waals surface area contributed by atoms with Crippen molar-refractivity contribution in [3.8, 4) is 11.5 Å². The van der Waals surface area contributed by atoms with Crippen molar-refractivity contribution in [3.05, 3.63) is 143 Å². The van der Waals surface area contributed by atoms with Crippen LogP contribution in [0, 0.1) is 0 Å². The van der Waals surface area contributed by atoms with E-state index < -0.39 is 23.6 Å². The topological polar surface area (TPSA) is 135 Å². The van der Waals surface area contributed by atoms with Gasteiger partial charge in [0.25, 0.3) is 23.6 Å². The Kier molecular flexibility index (Phi) is 14.4. The van der Waals surface area contributed by atoms with Crippen molar-refractivity contribution < 1.29 is 28.7 Å². The van der Waals surface area contributed by atoms with Crippen molar-refractivity contribution in [3.63, 3.8) is 0 Å². The van der Waals surface area contributed by atoms with Gasteiger partial charge in [0, 0.05) is 35.3 Å². The zero-order valence-corrected chi connectivity index (χ0v) is 28.2. The Morgan fingerprint density at radius 1 is 0.520 bits per heavy atom. The van der Waals surface area contributed by atoms with Crippen molar-refractivity contribution in [2.24, 2.45) is 0 Å². The summed E-state index contributed by atoms with van der Waals surface area (Å²) in [5, 5.41) is 11.2. The van der Waals surface area contributed by atoms with E-state index in [2.05, 4.69) is 21.3 Å². The first-order valence-corrected chi connectivity index (χ1v) is 16.6. The fourth-order valence-electron chi connectivity index (χ4n) is 4.81. The fourth-order valence-corrected chi connectivity index (χ4v) is 4.81. The third-order valence-corrected chi connectivity index (χ3v) is 7.27. The van der Waals surface area contributed by atoms with E-state index in [-0.39, 0.29) is 24.5 Å². The van der Waals surface area contributed by atoms with Crippen LogP contribution in [0.15, 0.2) is 121 Å². The highest BCUT2D eigenvalue weighted by molar-refractivity contribution is 6.06. The zero-order chi connectivity index (χ0) is 35.6. The van der Waals surface area contributed by atoms with Crippen molar-refractivity contribution in [1.82, 2.24) is 21.3 Å². The summed E-state index contributed by atoms with van der Waals surface area (Å²) < 4.78 is 11.4. The minimum Gasteiger partial charge on any atom is -0.493 e. The highest BCUT2D eigenvalue weighted by atomic mass is 16.5. The normalized spacial score (nSPS) is 11.2. The summed E-state index contributed by atoms with van der Waals surface area (Å²) in [5.74, 6) is -0.608. The highest BCUT2D eigenvalue weighted by Gasteiger charge is 2.17. The Morgan fingerprint density at radius 2 is 0.880 bits per heavy atom. The molecule has 50 heavy (non-hydrogen) atoms. The molecule has 258 valence electrons. The van der Waals surface area contributed by atoms with E-state index in [0.717, 1.165) is 0 Å². The van der Waals surface area contributed by atoms with E-state index in [0.29, 0.717) is 59.8 Å². The predicted octanol–water partition coefficient (Wildman–Crippen LogP) is 5.74. The average molecular weight is 675 g/mol. The summed E-state index contributed by atoms with van der Waals surface area (Å²) >= 11 is 0. The summed E-state index contributed by atoms with van der Waals surface area (Å²) in [6.07, 6.45) is 4.24. The van der Waals surface area contributed by atoms with Gasteiger partial charge in [-0.2, -0.15) is 0 Å². The van der Waals surface area contributed by atoms with Crippen LogP contribution in [-0.4, -0.2) is 49.9 Å². The van der Waals surface area contributed by atoms with Crippen molar-refractivity contribution in [1.29, 1.82) is 0 Å². The van der Waals surface area contributed by atoms with Crippen LogP contribution in [0.4, 0.5) is 0 Å². The van der Waals surface area contributed by atoms with E-state index in [4.69, 9.17) is 9.47 Å². The molecule has 0 aliphatic rings. The van der Waals surface area contributed by atoms with Crippen LogP contribution < -0.4 is 30.7 Å². The van der Waals surface area contributed by atoms with Crippen LogP contribution in [0.5, 0.6) is 11.5 Å². The van der Waals surface area contributed by atoms with Gasteiger partial charge in [0.15, 0.2) is 0 Å². The smallest absolute Gasteiger partial charge is 0.267 e. The van der Waals surface area contributed by atoms with Crippen LogP contribution in [-0.2, 0) is 9.59 Å². The molecule has 4 aromatic rings. The number of ether oxygens (including phenoxy) is 2. The fraction of sp³-hybridized carbons (Fsp3) is 0.200. The van der Waals surface area contributed by atoms with Crippen LogP contribution in [0.1, 0.15) is 58.5 Å². The molecule has 0 bridgehead atoms. The number of nitrogens with one attached hydrogen (secondary N) is 4. The van der Waals surface area contributed by atoms with Crippen LogP contribution >= 0.6 is 0 Å². The molecule has 0 fully saturated rings. The summed E-state index contributed by atoms with van der Waals surface area (Å²) in [5.41, 5.74) is 2.24. The predicted molar refractivity (Wildman–Crippen MR) is 194 cm³/mol. The molecule has 0 saturated carbocycles. The summed E-state index contributed by atoms with van der Waals surface area (Å²) in [4.78, 5) is 52.6. The second-order valence-corrected chi connectivity index (χ2v) is 10.9. The number of hydrogen-bond acceptors (Lipinski definition) is 6. The second kappa shape index (κ2) is 19.6. The van der Waals surface area contributed by atoms with Gasteiger partial charge in [0.1, 0.15) is 22.9 Å². The molecule has 10 heteroatoms. The Labute approximate surface area is 292 Å². The quantitative estimate of drug-likeness (QED) is 0.0834. The maximum atomic E-state index is 13.3. The lowest BCUT2D eigenvalue weighted by Gasteiger charge is -2.14. The molecule has 4 aromatic carbocycles. The molecule has 4 amide bonds. The molecule has 0 saturated heterocycles. The summed E-state index contributed by atoms with van der Waals surface area (Å²) in [7, 11) is 0. The molecule has 0 aliphatic heterocycles. The maximum absolute atomic E-state index is 13.3. The lowest BCUT2D eigenvalue weighted by Crippen LogP contribution is -2.36. The van der Waals surface area contributed by atoms with Gasteiger partial charge in [0.05, 0.1) is 13.2 Å². The molecule has 4 N–H and O–H groups in total. The third kappa shape index (κ3) is 11.2. The van der Waals surface area contributed by atoms with E-state index >= 15 is 0 Å². The number of para-hydroxylation sites is 2. The minimum absolute atomic E-state index is 0.0654. The zero-order valence-electron chi connectivity index (χ0n) is 28.2. The summed E-state index contributed by atoms with van der Waals surface area (Å²) in [6.45, 7) is 5.19. The first kappa shape index (κ1) is 36.7. The second-order valence-electron chi connectivity index (χ2n) is 10.9. The molecule has 0 atom stereocenters. The number of benzene rings is 4. The van der Waals surface area contributed by atoms with Crippen molar-refractivity contribution in [2.45, 2.75) is 26.7 Å². The van der Waals surface area contributed by atoms with Gasteiger partial charge >= 0.3 is 0 Å². The van der Waals surface area contributed by atoms with Crippen molar-refractivity contribution in [2.75, 3.05) is 26.3 Å². The number of carbonyl (C=O) groups excluding carboxylic acids is 4. The average Bonchev–Trinajstić information content (AvgIpc) is 3.14. The molecule has 0 aliphatic carbocycles. The first-order chi connectivity index (χ1) is 24.4. The van der Waals surface area contributed by atoms with Crippen LogP contribution in [0.2, 0.25) is 0 Å². The van der Waals surface area contributed by atoms with Crippen LogP contribution in [0.3, 0.4) is 0 Å². The van der Waals surface area contributed by atoms with E-state index in [1.54, 1.807) is 97.1 Å². The number of rotatable bonds is 17. The Hall–Kier alpha value is -6.16. The molecule has 0 heterocycles. The SMILES string of the molecule is CCOc1ccccc1C=C(NC(=O)c1ccccc1)C(=O)NCCCCNC(=O)C(=Cc1ccccc1OCC)NC(=O)c1ccccc1. The lowest BCUT2D eigenvalue weighted by molar-refractivity contribution is -0.118. The standard InChI is InChI=1S/C40H42N4O6/c1-3-49-35-23-13-11-21-31(35)27-33(43-37(45)29-17-7-5-8-18-29)39(47)41-25-15-16-26-42-40(48)34(44-38(46)30-19-9-6-10-20-30)28-32-22-12-14-24-36(32)50-4-2/h5-14,17-24,27-28H,3-4,15-16,25-26H2,1-2H3,(H,41,47)(H,42,48)(H,43,45)(H,44,46). The molecular formula is C40H42N4O6. The molecule has 4 rings (SSSR count). The van der Waals surface area contributed by atoms with Gasteiger partial charge < -0.3 is 30.7 Å². The number of unbranched alkanes of at least 4 members (excludes halogenated alkanes) is 1. The number of hydrogen-bond donors (Lipinski definition) is 4. The monoisotopic (exact) mass is 674 g/mol. The Bertz CT molecular complexity index is 1670. The van der Waals surface area contributed by atoms with Gasteiger partial charge in [-0.05, 0) is 75.2 Å². The van der Waals surface area contributed by atoms with Crippen LogP contribution in [0.25, 0.3) is 12.2 Å². The molecule has 0 unspecified atom stereocenters. The minimum atomic E-state index is -0.466. The first-order valence-electron chi connectivity index (χ1n) is 16.6. The van der Waals surface area contributed by atoms with Gasteiger partial charge in [0.2, 0.25) is 0 Å². The largest absolute Gasteiger partial charge is 0.493 e. The molecular weight excluding hydrogens is 632 g/mol. The van der Waals surface area contributed by atoms with Gasteiger partial charge in [-0.1, -0.05) is 72.8 Å². The van der Waals surface area contributed by atoms with Gasteiger partial charge in [-0.25, -0.2) is 0 Å². The Balaban J connectivity index is 1.38. The van der Waals surface area contributed by atoms with Gasteiger partial charge in [-0.15, -0.1) is 0 Å². The molecule has 0 spiro atoms. The molecule has 0 radical (unpaired) electrons. The number of carbonyl (C=O) groups is 4. The highest BCUT2D eigenvalue weighted by Crippen LogP contribution is 2.22. The van der Waals surface area contributed by atoms with E-state index in [1.807, 2.05) is 38.1 Å². The maximum Gasteiger partial charge on any atom is 0.267 e. The lowest BCUT2D eigenvalue weighted by atomic mass is 10.1. The number of amides is 4.